The lowest BCUT2D eigenvalue weighted by Gasteiger charge is -2.32. The van der Waals surface area contributed by atoms with Crippen LogP contribution in [0.2, 0.25) is 0 Å². The molecule has 3 heterocycles. The van der Waals surface area contributed by atoms with Gasteiger partial charge in [0.25, 0.3) is 0 Å². The zero-order valence-corrected chi connectivity index (χ0v) is 21.7. The minimum absolute atomic E-state index is 0. The molecule has 33 heavy (non-hydrogen) atoms. The number of likely N-dealkylation sites (tertiary alicyclic amines) is 1. The first-order valence-electron chi connectivity index (χ1n) is 11.4. The van der Waals surface area contributed by atoms with Crippen LogP contribution < -0.4 is 10.6 Å². The maximum absolute atomic E-state index is 5.66. The largest absolute Gasteiger partial charge is 0.444 e. The Morgan fingerprint density at radius 3 is 2.61 bits per heavy atom. The van der Waals surface area contributed by atoms with E-state index in [-0.39, 0.29) is 24.0 Å². The van der Waals surface area contributed by atoms with Crippen molar-refractivity contribution in [3.05, 3.63) is 71.9 Å². The van der Waals surface area contributed by atoms with Crippen LogP contribution in [0.1, 0.15) is 36.7 Å². The van der Waals surface area contributed by atoms with Crippen LogP contribution in [0.25, 0.3) is 11.5 Å². The van der Waals surface area contributed by atoms with Crippen LogP contribution in [-0.4, -0.2) is 46.5 Å². The van der Waals surface area contributed by atoms with Crippen LogP contribution in [0.3, 0.4) is 0 Å². The van der Waals surface area contributed by atoms with Gasteiger partial charge < -0.3 is 15.1 Å². The fourth-order valence-corrected chi connectivity index (χ4v) is 3.84. The van der Waals surface area contributed by atoms with Crippen molar-refractivity contribution in [2.45, 2.75) is 45.8 Å². The molecule has 0 unspecified atom stereocenters. The molecule has 2 N–H and O–H groups in total. The predicted molar refractivity (Wildman–Crippen MR) is 143 cm³/mol. The normalized spacial score (nSPS) is 15.2. The number of hydrogen-bond donors (Lipinski definition) is 2. The second-order valence-electron chi connectivity index (χ2n) is 8.22. The van der Waals surface area contributed by atoms with Gasteiger partial charge in [-0.3, -0.25) is 9.88 Å². The molecule has 1 saturated heterocycles. The molecule has 1 aliphatic rings. The quantitative estimate of drug-likeness (QED) is 0.254. The third-order valence-electron chi connectivity index (χ3n) is 5.63. The molecule has 1 aliphatic heterocycles. The molecule has 0 radical (unpaired) electrons. The van der Waals surface area contributed by atoms with Gasteiger partial charge in [0.1, 0.15) is 12.0 Å². The summed E-state index contributed by atoms with van der Waals surface area (Å²) in [5.74, 6) is 1.46. The zero-order valence-electron chi connectivity index (χ0n) is 19.3. The summed E-state index contributed by atoms with van der Waals surface area (Å²) in [5, 5.41) is 6.95. The Morgan fingerprint density at radius 2 is 1.91 bits per heavy atom. The summed E-state index contributed by atoms with van der Waals surface area (Å²) >= 11 is 0. The Labute approximate surface area is 213 Å². The van der Waals surface area contributed by atoms with Gasteiger partial charge in [-0.05, 0) is 51.0 Å². The SMILES string of the molecule is CCNC(=NCc1coc(-c2ccc(C)cc2)n1)NC1CCN(Cc2ccccn2)CC1.I. The molecule has 176 valence electrons. The van der Waals surface area contributed by atoms with E-state index in [0.717, 1.165) is 61.9 Å². The topological polar surface area (TPSA) is 78.6 Å². The minimum Gasteiger partial charge on any atom is -0.444 e. The highest BCUT2D eigenvalue weighted by Gasteiger charge is 2.20. The van der Waals surface area contributed by atoms with E-state index in [1.165, 1.54) is 5.56 Å². The Kier molecular flexibility index (Phi) is 9.68. The number of aryl methyl sites for hydroxylation is 1. The summed E-state index contributed by atoms with van der Waals surface area (Å²) in [6, 6.07) is 14.7. The van der Waals surface area contributed by atoms with Gasteiger partial charge in [-0.25, -0.2) is 9.98 Å². The Hall–Kier alpha value is -2.46. The standard InChI is InChI=1S/C25H32N6O.HI/c1-3-26-25(28-16-23-18-32-24(29-23)20-9-7-19(2)8-10-20)30-21-11-14-31(15-12-21)17-22-6-4-5-13-27-22;/h4-10,13,18,21H,3,11-12,14-17H2,1-2H3,(H2,26,28,30);1H. The van der Waals surface area contributed by atoms with Crippen molar-refractivity contribution in [1.82, 2.24) is 25.5 Å². The van der Waals surface area contributed by atoms with Crippen molar-refractivity contribution >= 4 is 29.9 Å². The van der Waals surface area contributed by atoms with Gasteiger partial charge in [-0.1, -0.05) is 23.8 Å². The first kappa shape index (κ1) is 25.2. The predicted octanol–water partition coefficient (Wildman–Crippen LogP) is 4.38. The van der Waals surface area contributed by atoms with Crippen molar-refractivity contribution in [2.75, 3.05) is 19.6 Å². The molecule has 0 spiro atoms. The molecule has 0 bridgehead atoms. The van der Waals surface area contributed by atoms with E-state index in [9.17, 15) is 0 Å². The van der Waals surface area contributed by atoms with Crippen LogP contribution >= 0.6 is 24.0 Å². The summed E-state index contributed by atoms with van der Waals surface area (Å²) < 4.78 is 5.66. The molecular weight excluding hydrogens is 527 g/mol. The van der Waals surface area contributed by atoms with Crippen molar-refractivity contribution in [3.63, 3.8) is 0 Å². The number of oxazole rings is 1. The third kappa shape index (κ3) is 7.53. The fourth-order valence-electron chi connectivity index (χ4n) is 3.84. The van der Waals surface area contributed by atoms with Gasteiger partial charge in [-0.15, -0.1) is 24.0 Å². The molecule has 1 aromatic carbocycles. The highest BCUT2D eigenvalue weighted by atomic mass is 127. The smallest absolute Gasteiger partial charge is 0.226 e. The highest BCUT2D eigenvalue weighted by molar-refractivity contribution is 14.0. The molecule has 0 amide bonds. The van der Waals surface area contributed by atoms with Gasteiger partial charge in [0.15, 0.2) is 5.96 Å². The second kappa shape index (κ2) is 12.7. The lowest BCUT2D eigenvalue weighted by Crippen LogP contribution is -2.48. The van der Waals surface area contributed by atoms with Crippen molar-refractivity contribution < 1.29 is 4.42 Å². The van der Waals surface area contributed by atoms with Crippen LogP contribution in [-0.2, 0) is 13.1 Å². The van der Waals surface area contributed by atoms with Gasteiger partial charge in [0.2, 0.25) is 5.89 Å². The Morgan fingerprint density at radius 1 is 1.12 bits per heavy atom. The third-order valence-corrected chi connectivity index (χ3v) is 5.63. The number of aliphatic imine (C=N–C) groups is 1. The first-order valence-corrected chi connectivity index (χ1v) is 11.4. The monoisotopic (exact) mass is 560 g/mol. The molecule has 0 atom stereocenters. The molecule has 3 aromatic rings. The van der Waals surface area contributed by atoms with E-state index >= 15 is 0 Å². The number of aromatic nitrogens is 2. The van der Waals surface area contributed by atoms with Gasteiger partial charge in [0.05, 0.1) is 12.2 Å². The molecular formula is C25H33IN6O. The van der Waals surface area contributed by atoms with E-state index in [0.29, 0.717) is 18.5 Å². The average Bonchev–Trinajstić information content (AvgIpc) is 3.29. The summed E-state index contributed by atoms with van der Waals surface area (Å²) in [6.45, 7) is 8.46. The molecule has 0 saturated carbocycles. The molecule has 8 heteroatoms. The average molecular weight is 560 g/mol. The van der Waals surface area contributed by atoms with Crippen molar-refractivity contribution in [1.29, 1.82) is 0 Å². The van der Waals surface area contributed by atoms with Crippen molar-refractivity contribution in [2.24, 2.45) is 4.99 Å². The lowest BCUT2D eigenvalue weighted by molar-refractivity contribution is 0.196. The summed E-state index contributed by atoms with van der Waals surface area (Å²) in [4.78, 5) is 16.2. The van der Waals surface area contributed by atoms with Crippen LogP contribution in [0.4, 0.5) is 0 Å². The van der Waals surface area contributed by atoms with Crippen LogP contribution in [0.15, 0.2) is 64.3 Å². The maximum Gasteiger partial charge on any atom is 0.226 e. The lowest BCUT2D eigenvalue weighted by atomic mass is 10.0. The van der Waals surface area contributed by atoms with Crippen molar-refractivity contribution in [3.8, 4) is 11.5 Å². The zero-order chi connectivity index (χ0) is 22.2. The van der Waals surface area contributed by atoms with Gasteiger partial charge in [-0.2, -0.15) is 0 Å². The number of benzene rings is 1. The summed E-state index contributed by atoms with van der Waals surface area (Å²) in [7, 11) is 0. The number of halogens is 1. The van der Waals surface area contributed by atoms with E-state index in [4.69, 9.17) is 9.41 Å². The van der Waals surface area contributed by atoms with Crippen LogP contribution in [0.5, 0.6) is 0 Å². The molecule has 1 fully saturated rings. The number of hydrogen-bond acceptors (Lipinski definition) is 5. The second-order valence-corrected chi connectivity index (χ2v) is 8.22. The number of guanidine groups is 1. The minimum atomic E-state index is 0. The number of piperidine rings is 1. The Bertz CT molecular complexity index is 997. The summed E-state index contributed by atoms with van der Waals surface area (Å²) in [6.07, 6.45) is 5.72. The molecule has 4 rings (SSSR count). The molecule has 7 nitrogen and oxygen atoms in total. The highest BCUT2D eigenvalue weighted by Crippen LogP contribution is 2.19. The van der Waals surface area contributed by atoms with E-state index in [1.807, 2.05) is 24.4 Å². The number of nitrogens with one attached hydrogen (secondary N) is 2. The van der Waals surface area contributed by atoms with Crippen LogP contribution in [0, 0.1) is 6.92 Å². The van der Waals surface area contributed by atoms with E-state index in [1.54, 1.807) is 6.26 Å². The van der Waals surface area contributed by atoms with Gasteiger partial charge in [0, 0.05) is 44.0 Å². The summed E-state index contributed by atoms with van der Waals surface area (Å²) in [5.41, 5.74) is 4.15. The fraction of sp³-hybridized carbons (Fsp3) is 0.400. The molecule has 0 aliphatic carbocycles. The number of rotatable bonds is 7. The van der Waals surface area contributed by atoms with E-state index < -0.39 is 0 Å². The number of pyridine rings is 1. The van der Waals surface area contributed by atoms with Gasteiger partial charge >= 0.3 is 0 Å². The number of nitrogens with zero attached hydrogens (tertiary/aromatic N) is 4. The van der Waals surface area contributed by atoms with E-state index in [2.05, 4.69) is 63.6 Å². The first-order chi connectivity index (χ1) is 15.7. The maximum atomic E-state index is 5.66. The molecule has 2 aromatic heterocycles. The Balaban J connectivity index is 0.00000306.